The summed E-state index contributed by atoms with van der Waals surface area (Å²) in [6, 6.07) is 9.56. The molecule has 18 aliphatic rings. The molecule has 1 aromatic carbocycles. The van der Waals surface area contributed by atoms with E-state index < -0.39 is 0 Å². The number of hydrogen-bond donors (Lipinski definition) is 0. The van der Waals surface area contributed by atoms with Gasteiger partial charge in [0.2, 0.25) is 0 Å². The first-order valence-electron chi connectivity index (χ1n) is 24.0. The molecule has 0 radical (unpaired) electrons. The van der Waals surface area contributed by atoms with Crippen molar-refractivity contribution in [3.63, 3.8) is 0 Å². The van der Waals surface area contributed by atoms with Gasteiger partial charge in [0.15, 0.2) is 5.78 Å². The summed E-state index contributed by atoms with van der Waals surface area (Å²) in [7, 11) is 2.51. The minimum Gasteiger partial charge on any atom is -0.364 e. The van der Waals surface area contributed by atoms with Gasteiger partial charge in [0, 0.05) is 30.0 Å². The second kappa shape index (κ2) is 8.30. The van der Waals surface area contributed by atoms with Crippen LogP contribution in [0.5, 0.6) is 0 Å². The third kappa shape index (κ3) is 2.49. The molecule has 10 saturated carbocycles. The molecular weight excluding hydrogens is 671 g/mol. The zero-order chi connectivity index (χ0) is 34.5. The molecule has 0 N–H and O–H groups in total. The van der Waals surface area contributed by atoms with Crippen LogP contribution in [-0.2, 0) is 4.74 Å². The topological polar surface area (TPSA) is 32.8 Å². The lowest BCUT2D eigenvalue weighted by atomic mass is 9.44. The van der Waals surface area contributed by atoms with Crippen molar-refractivity contribution in [2.45, 2.75) is 37.8 Å². The van der Waals surface area contributed by atoms with Crippen LogP contribution in [0, 0.1) is 166 Å². The molecule has 30 atom stereocenters. The van der Waals surface area contributed by atoms with Crippen LogP contribution in [0.15, 0.2) is 70.9 Å². The summed E-state index contributed by atoms with van der Waals surface area (Å²) in [6.07, 6.45) is 17.9. The van der Waals surface area contributed by atoms with Gasteiger partial charge >= 0.3 is 0 Å². The molecule has 3 nitrogen and oxygen atoms in total. The molecule has 16 aliphatic carbocycles. The molecule has 0 spiro atoms. The number of rotatable bonds is 3. The van der Waals surface area contributed by atoms with Crippen LogP contribution in [0.25, 0.3) is 0 Å². The molecule has 30 unspecified atom stereocenters. The maximum atomic E-state index is 13.1. The first-order chi connectivity index (χ1) is 27.2. The van der Waals surface area contributed by atoms with Crippen LogP contribution in [0.3, 0.4) is 0 Å². The van der Waals surface area contributed by atoms with Crippen molar-refractivity contribution >= 4 is 5.78 Å². The van der Waals surface area contributed by atoms with Crippen LogP contribution < -0.4 is 0 Å². The van der Waals surface area contributed by atoms with E-state index in [1.165, 1.54) is 12.1 Å². The number of carbonyl (C=O) groups is 1. The van der Waals surface area contributed by atoms with Gasteiger partial charge in [0.1, 0.15) is 6.10 Å². The van der Waals surface area contributed by atoms with Crippen molar-refractivity contribution < 1.29 is 9.53 Å². The molecule has 3 heteroatoms. The Morgan fingerprint density at radius 2 is 1.11 bits per heavy atom. The Morgan fingerprint density at radius 1 is 0.527 bits per heavy atom. The Hall–Kier alpha value is -2.23. The molecule has 0 aromatic heterocycles. The predicted octanol–water partition coefficient (Wildman–Crippen LogP) is 7.99. The van der Waals surface area contributed by atoms with E-state index in [4.69, 9.17) is 4.74 Å². The summed E-state index contributed by atoms with van der Waals surface area (Å²) in [6.45, 7) is 1.89. The highest BCUT2D eigenvalue weighted by Gasteiger charge is 2.86. The molecule has 19 rings (SSSR count). The summed E-state index contributed by atoms with van der Waals surface area (Å²) < 4.78 is 5.43. The fraction of sp³-hybridized carbons (Fsp3) is 0.712. The lowest BCUT2D eigenvalue weighted by Gasteiger charge is -2.60. The second-order valence-corrected chi connectivity index (χ2v) is 24.1. The Bertz CT molecular complexity index is 2290. The number of likely N-dealkylation sites (tertiary alicyclic amines) is 1. The summed E-state index contributed by atoms with van der Waals surface area (Å²) in [5.41, 5.74) is 11.0. The molecule has 1 aromatic rings. The smallest absolute Gasteiger partial charge is 0.193 e. The summed E-state index contributed by atoms with van der Waals surface area (Å²) >= 11 is 0. The van der Waals surface area contributed by atoms with Crippen molar-refractivity contribution in [1.82, 2.24) is 4.90 Å². The Labute approximate surface area is 324 Å². The Morgan fingerprint density at radius 3 is 1.93 bits per heavy atom. The zero-order valence-electron chi connectivity index (χ0n) is 31.9. The number of ketones is 1. The normalized spacial score (nSPS) is 68.4. The number of fused-ring (bicyclic) bond motifs is 8. The number of nitrogens with zero attached hydrogens (tertiary/aromatic N) is 1. The number of benzene rings is 1. The highest BCUT2D eigenvalue weighted by atomic mass is 16.6. The molecule has 12 fully saturated rings. The summed E-state index contributed by atoms with van der Waals surface area (Å²) in [5.74, 6) is 26.9. The van der Waals surface area contributed by atoms with E-state index in [1.54, 1.807) is 25.7 Å². The van der Waals surface area contributed by atoms with Crippen molar-refractivity contribution in [1.29, 1.82) is 0 Å². The molecule has 0 amide bonds. The van der Waals surface area contributed by atoms with Crippen LogP contribution >= 0.6 is 0 Å². The first-order valence-corrected chi connectivity index (χ1v) is 24.0. The standard InChI is InChI=1S/C52H53NO2/c1-53-14-26-28-24-12-10-22-20-8-6-18-19-7-9-21-23-11-13-25-36-34(23)42-32(21)30(19)40-29(18)31(20)41-33(22)35(24)43-39(28)45(44(36)50-48(42)46(40)47(41)49(43)50)37(25)38(26)51(53)16-2-4-17(5-3-16)52(54)27-15-55-27/h2-5,7,9,11,13,18-36,38-41,43-44,46-47,49-51H,6,8,10,12,14-15H2,1H3. The zero-order valence-corrected chi connectivity index (χ0v) is 31.9. The SMILES string of the molecule is CN1CC2C(C3=C4C5C6C7=C8C9C(C=CC3C95)C3C=CC5C9CCC%10C%11CCC%12C2C4C2C%12C%11C4C%10C9C(C7C4C62)C5C83)C1c1ccc(C(=O)C2CO2)cc1. The van der Waals surface area contributed by atoms with Gasteiger partial charge < -0.3 is 4.74 Å². The van der Waals surface area contributed by atoms with Crippen molar-refractivity contribution in [2.75, 3.05) is 20.2 Å². The van der Waals surface area contributed by atoms with E-state index in [2.05, 4.69) is 77.2 Å². The van der Waals surface area contributed by atoms with Gasteiger partial charge in [-0.1, -0.05) is 70.9 Å². The van der Waals surface area contributed by atoms with Crippen molar-refractivity contribution in [3.05, 3.63) is 82.0 Å². The van der Waals surface area contributed by atoms with Gasteiger partial charge in [0.05, 0.1) is 6.61 Å². The monoisotopic (exact) mass is 723 g/mol. The minimum absolute atomic E-state index is 0.185. The first kappa shape index (κ1) is 28.2. The Kier molecular flexibility index (Phi) is 4.26. The average Bonchev–Trinajstić information content (AvgIpc) is 3.60. The molecular formula is C52H53NO2. The number of allylic oxidation sites excluding steroid dienone is 7. The number of Topliss-reactive ketones (excluding diaryl/α,β-unsaturated/α-hetero) is 1. The van der Waals surface area contributed by atoms with Crippen LogP contribution in [0.1, 0.15) is 47.6 Å². The van der Waals surface area contributed by atoms with E-state index in [-0.39, 0.29) is 11.9 Å². The largest absolute Gasteiger partial charge is 0.364 e. The minimum atomic E-state index is -0.197. The van der Waals surface area contributed by atoms with Gasteiger partial charge in [-0.15, -0.1) is 0 Å². The molecule has 2 saturated heterocycles. The second-order valence-electron chi connectivity index (χ2n) is 24.1. The highest BCUT2D eigenvalue weighted by Crippen LogP contribution is 2.91. The van der Waals surface area contributed by atoms with Gasteiger partial charge in [-0.3, -0.25) is 9.69 Å². The van der Waals surface area contributed by atoms with Gasteiger partial charge in [-0.2, -0.15) is 0 Å². The molecule has 2 aliphatic heterocycles. The molecule has 2 heterocycles. The van der Waals surface area contributed by atoms with E-state index in [0.29, 0.717) is 24.5 Å². The molecule has 278 valence electrons. The molecule has 0 bridgehead atoms. The third-order valence-corrected chi connectivity index (χ3v) is 24.5. The van der Waals surface area contributed by atoms with Crippen LogP contribution in [0.2, 0.25) is 0 Å². The van der Waals surface area contributed by atoms with Gasteiger partial charge in [0.25, 0.3) is 0 Å². The van der Waals surface area contributed by atoms with Gasteiger partial charge in [-0.05, 0) is 192 Å². The van der Waals surface area contributed by atoms with Crippen molar-refractivity contribution in [2.24, 2.45) is 166 Å². The number of ether oxygens (including phenoxy) is 1. The fourth-order valence-electron chi connectivity index (χ4n) is 25.1. The quantitative estimate of drug-likeness (QED) is 0.180. The summed E-state index contributed by atoms with van der Waals surface area (Å²) in [5, 5.41) is 0. The number of hydrogen-bond acceptors (Lipinski definition) is 3. The predicted molar refractivity (Wildman–Crippen MR) is 204 cm³/mol. The van der Waals surface area contributed by atoms with E-state index in [1.807, 2.05) is 5.57 Å². The maximum absolute atomic E-state index is 13.1. The lowest BCUT2D eigenvalue weighted by molar-refractivity contribution is -0.127. The molecule has 55 heavy (non-hydrogen) atoms. The van der Waals surface area contributed by atoms with E-state index in [0.717, 1.165) is 159 Å². The third-order valence-electron chi connectivity index (χ3n) is 24.5. The maximum Gasteiger partial charge on any atom is 0.193 e. The number of epoxide rings is 1. The summed E-state index contributed by atoms with van der Waals surface area (Å²) in [4.78, 5) is 15.9. The highest BCUT2D eigenvalue weighted by molar-refractivity contribution is 6.00. The van der Waals surface area contributed by atoms with E-state index >= 15 is 0 Å². The lowest BCUT2D eigenvalue weighted by Crippen LogP contribution is -2.57. The van der Waals surface area contributed by atoms with Crippen LogP contribution in [0.4, 0.5) is 0 Å². The van der Waals surface area contributed by atoms with Crippen molar-refractivity contribution in [3.8, 4) is 0 Å². The fourth-order valence-corrected chi connectivity index (χ4v) is 25.1. The van der Waals surface area contributed by atoms with E-state index in [9.17, 15) is 4.79 Å². The average molecular weight is 724 g/mol. The number of carbonyl (C=O) groups excluding carboxylic acids is 1. The van der Waals surface area contributed by atoms with Crippen LogP contribution in [-0.4, -0.2) is 37.0 Å². The Balaban J connectivity index is 0.897. The van der Waals surface area contributed by atoms with Gasteiger partial charge in [-0.25, -0.2) is 0 Å².